The van der Waals surface area contributed by atoms with Crippen molar-refractivity contribution in [2.24, 2.45) is 0 Å². The van der Waals surface area contributed by atoms with Crippen LogP contribution < -0.4 is 14.2 Å². The van der Waals surface area contributed by atoms with Gasteiger partial charge in [0.25, 0.3) is 0 Å². The van der Waals surface area contributed by atoms with Crippen LogP contribution >= 0.6 is 11.6 Å². The highest BCUT2D eigenvalue weighted by molar-refractivity contribution is 6.30. The molecule has 6 heteroatoms. The van der Waals surface area contributed by atoms with Crippen molar-refractivity contribution >= 4 is 23.1 Å². The number of carbonyl (C=O) groups is 1. The zero-order chi connectivity index (χ0) is 17.7. The number of ketones is 1. The van der Waals surface area contributed by atoms with Crippen LogP contribution in [0.25, 0.3) is 5.76 Å². The minimum Gasteiger partial charge on any atom is -0.507 e. The number of hydrogen-bond acceptors (Lipinski definition) is 5. The average molecular weight is 349 g/mol. The maximum atomic E-state index is 12.2. The van der Waals surface area contributed by atoms with E-state index < -0.39 is 0 Å². The van der Waals surface area contributed by atoms with E-state index in [4.69, 9.17) is 25.8 Å². The van der Waals surface area contributed by atoms with E-state index >= 15 is 0 Å². The summed E-state index contributed by atoms with van der Waals surface area (Å²) in [6, 6.07) is 9.51. The number of rotatable bonds is 6. The van der Waals surface area contributed by atoms with Crippen molar-refractivity contribution in [1.29, 1.82) is 0 Å². The molecule has 1 N–H and O–H groups in total. The molecular formula is C18H17ClO5. The molecule has 0 heterocycles. The van der Waals surface area contributed by atoms with Crippen molar-refractivity contribution < 1.29 is 24.1 Å². The van der Waals surface area contributed by atoms with E-state index in [1.807, 2.05) is 0 Å². The quantitative estimate of drug-likeness (QED) is 0.482. The van der Waals surface area contributed by atoms with Crippen molar-refractivity contribution in [2.75, 3.05) is 21.3 Å². The third kappa shape index (κ3) is 3.81. The van der Waals surface area contributed by atoms with Gasteiger partial charge in [0.15, 0.2) is 17.3 Å². The monoisotopic (exact) mass is 348 g/mol. The van der Waals surface area contributed by atoms with Gasteiger partial charge < -0.3 is 19.3 Å². The summed E-state index contributed by atoms with van der Waals surface area (Å²) >= 11 is 5.80. The second-order valence-electron chi connectivity index (χ2n) is 4.81. The summed E-state index contributed by atoms with van der Waals surface area (Å²) < 4.78 is 15.7. The van der Waals surface area contributed by atoms with Crippen molar-refractivity contribution in [3.63, 3.8) is 0 Å². The van der Waals surface area contributed by atoms with Crippen molar-refractivity contribution in [1.82, 2.24) is 0 Å². The van der Waals surface area contributed by atoms with Crippen LogP contribution in [0.4, 0.5) is 0 Å². The van der Waals surface area contributed by atoms with Crippen LogP contribution in [0.1, 0.15) is 15.9 Å². The zero-order valence-electron chi connectivity index (χ0n) is 13.5. The number of hydrogen-bond donors (Lipinski definition) is 1. The molecule has 0 fully saturated rings. The van der Waals surface area contributed by atoms with Crippen LogP contribution in [0.2, 0.25) is 5.02 Å². The first-order chi connectivity index (χ1) is 11.5. The summed E-state index contributed by atoms with van der Waals surface area (Å²) in [4.78, 5) is 12.2. The van der Waals surface area contributed by atoms with E-state index in [1.54, 1.807) is 36.4 Å². The second kappa shape index (κ2) is 7.75. The predicted molar refractivity (Wildman–Crippen MR) is 92.5 cm³/mol. The number of ether oxygens (including phenoxy) is 3. The average Bonchev–Trinajstić information content (AvgIpc) is 2.60. The van der Waals surface area contributed by atoms with Gasteiger partial charge in [0, 0.05) is 22.2 Å². The molecule has 0 unspecified atom stereocenters. The third-order valence-corrected chi connectivity index (χ3v) is 3.61. The topological polar surface area (TPSA) is 65.0 Å². The minimum atomic E-state index is -0.349. The van der Waals surface area contributed by atoms with E-state index in [0.29, 0.717) is 33.4 Å². The number of aliphatic hydroxyl groups is 1. The van der Waals surface area contributed by atoms with E-state index in [1.165, 1.54) is 21.3 Å². The number of benzene rings is 2. The SMILES string of the molecule is COc1cc(/C(O)=C\C(=O)c2ccc(Cl)cc2)cc(OC)c1OC. The van der Waals surface area contributed by atoms with Gasteiger partial charge in [-0.05, 0) is 36.4 Å². The molecule has 0 amide bonds. The lowest BCUT2D eigenvalue weighted by atomic mass is 10.1. The second-order valence-corrected chi connectivity index (χ2v) is 5.25. The van der Waals surface area contributed by atoms with Crippen LogP contribution in [0.3, 0.4) is 0 Å². The fourth-order valence-electron chi connectivity index (χ4n) is 2.13. The Kier molecular flexibility index (Phi) is 5.71. The van der Waals surface area contributed by atoms with Gasteiger partial charge in [-0.25, -0.2) is 0 Å². The summed E-state index contributed by atoms with van der Waals surface area (Å²) in [7, 11) is 4.43. The number of halogens is 1. The van der Waals surface area contributed by atoms with Crippen LogP contribution in [-0.2, 0) is 0 Å². The maximum Gasteiger partial charge on any atom is 0.203 e. The summed E-state index contributed by atoms with van der Waals surface area (Å²) in [5.41, 5.74) is 0.783. The Morgan fingerprint density at radius 2 is 1.50 bits per heavy atom. The van der Waals surface area contributed by atoms with Gasteiger partial charge in [0.2, 0.25) is 5.75 Å². The van der Waals surface area contributed by atoms with Crippen LogP contribution in [0, 0.1) is 0 Å². The van der Waals surface area contributed by atoms with E-state index in [-0.39, 0.29) is 11.5 Å². The molecular weight excluding hydrogens is 332 g/mol. The fraction of sp³-hybridized carbons (Fsp3) is 0.167. The first-order valence-electron chi connectivity index (χ1n) is 7.01. The molecule has 2 aromatic rings. The molecule has 24 heavy (non-hydrogen) atoms. The van der Waals surface area contributed by atoms with Gasteiger partial charge in [0.1, 0.15) is 5.76 Å². The molecule has 126 valence electrons. The van der Waals surface area contributed by atoms with E-state index in [2.05, 4.69) is 0 Å². The highest BCUT2D eigenvalue weighted by Gasteiger charge is 2.15. The molecule has 0 saturated heterocycles. The predicted octanol–water partition coefficient (Wildman–Crippen LogP) is 4.15. The Balaban J connectivity index is 2.39. The molecule has 0 aliphatic carbocycles. The number of aliphatic hydroxyl groups excluding tert-OH is 1. The molecule has 0 aliphatic rings. The molecule has 0 spiro atoms. The van der Waals surface area contributed by atoms with Crippen LogP contribution in [-0.4, -0.2) is 32.2 Å². The van der Waals surface area contributed by atoms with E-state index in [9.17, 15) is 9.90 Å². The minimum absolute atomic E-state index is 0.214. The van der Waals surface area contributed by atoms with Crippen molar-refractivity contribution in [3.05, 3.63) is 58.6 Å². The summed E-state index contributed by atoms with van der Waals surface area (Å²) in [5.74, 6) is 0.601. The zero-order valence-corrected chi connectivity index (χ0v) is 14.3. The Bertz CT molecular complexity index is 740. The van der Waals surface area contributed by atoms with Crippen LogP contribution in [0.5, 0.6) is 17.2 Å². The molecule has 0 bridgehead atoms. The van der Waals surface area contributed by atoms with Crippen LogP contribution in [0.15, 0.2) is 42.5 Å². The molecule has 5 nitrogen and oxygen atoms in total. The largest absolute Gasteiger partial charge is 0.507 e. The lowest BCUT2D eigenvalue weighted by Gasteiger charge is -2.13. The van der Waals surface area contributed by atoms with Crippen molar-refractivity contribution in [2.45, 2.75) is 0 Å². The molecule has 2 rings (SSSR count). The van der Waals surface area contributed by atoms with Crippen molar-refractivity contribution in [3.8, 4) is 17.2 Å². The first-order valence-corrected chi connectivity index (χ1v) is 7.39. The fourth-order valence-corrected chi connectivity index (χ4v) is 2.26. The van der Waals surface area contributed by atoms with Gasteiger partial charge in [-0.1, -0.05) is 11.6 Å². The Hall–Kier alpha value is -2.66. The van der Waals surface area contributed by atoms with Gasteiger partial charge >= 0.3 is 0 Å². The molecule has 0 radical (unpaired) electrons. The lowest BCUT2D eigenvalue weighted by molar-refractivity contribution is 0.104. The highest BCUT2D eigenvalue weighted by Crippen LogP contribution is 2.39. The van der Waals surface area contributed by atoms with E-state index in [0.717, 1.165) is 6.08 Å². The summed E-state index contributed by atoms with van der Waals surface area (Å²) in [6.45, 7) is 0. The lowest BCUT2D eigenvalue weighted by Crippen LogP contribution is -1.99. The van der Waals surface area contributed by atoms with Gasteiger partial charge in [-0.15, -0.1) is 0 Å². The Morgan fingerprint density at radius 3 is 1.96 bits per heavy atom. The summed E-state index contributed by atoms with van der Waals surface area (Å²) in [6.07, 6.45) is 1.13. The molecule has 0 atom stereocenters. The molecule has 0 aromatic heterocycles. The Labute approximate surface area is 145 Å². The number of allylic oxidation sites excluding steroid dienone is 1. The molecule has 0 aliphatic heterocycles. The normalized spacial score (nSPS) is 11.1. The van der Waals surface area contributed by atoms with Gasteiger partial charge in [0.05, 0.1) is 21.3 Å². The van der Waals surface area contributed by atoms with Gasteiger partial charge in [-0.2, -0.15) is 0 Å². The maximum absolute atomic E-state index is 12.2. The summed E-state index contributed by atoms with van der Waals surface area (Å²) in [5, 5.41) is 10.8. The molecule has 0 saturated carbocycles. The standard InChI is InChI=1S/C18H17ClO5/c1-22-16-8-12(9-17(23-2)18(16)24-3)15(21)10-14(20)11-4-6-13(19)7-5-11/h4-10,21H,1-3H3/b15-10+. The number of carbonyl (C=O) groups excluding carboxylic acids is 1. The number of methoxy groups -OCH3 is 3. The highest BCUT2D eigenvalue weighted by atomic mass is 35.5. The van der Waals surface area contributed by atoms with Gasteiger partial charge in [-0.3, -0.25) is 4.79 Å². The smallest absolute Gasteiger partial charge is 0.203 e. The third-order valence-electron chi connectivity index (χ3n) is 3.36. The Morgan fingerprint density at radius 1 is 0.958 bits per heavy atom. The molecule has 2 aromatic carbocycles. The first kappa shape index (κ1) is 17.7.